The Labute approximate surface area is 158 Å². The van der Waals surface area contributed by atoms with E-state index >= 15 is 0 Å². The molecular weight excluding hydrogens is 348 g/mol. The van der Waals surface area contributed by atoms with Crippen LogP contribution in [0, 0.1) is 11.8 Å². The van der Waals surface area contributed by atoms with E-state index in [4.69, 9.17) is 4.43 Å². The fourth-order valence-corrected chi connectivity index (χ4v) is 4.67. The molecule has 0 aliphatic carbocycles. The summed E-state index contributed by atoms with van der Waals surface area (Å²) >= 11 is 1.20. The van der Waals surface area contributed by atoms with Gasteiger partial charge in [-0.1, -0.05) is 64.6 Å². The van der Waals surface area contributed by atoms with Gasteiger partial charge < -0.3 is 9.53 Å². The summed E-state index contributed by atoms with van der Waals surface area (Å²) in [5.41, 5.74) is 0. The number of rotatable bonds is 7. The van der Waals surface area contributed by atoms with E-state index in [0.717, 1.165) is 4.90 Å². The average molecular weight is 383 g/mol. The molecule has 0 unspecified atom stereocenters. The summed E-state index contributed by atoms with van der Waals surface area (Å²) in [6.45, 7) is 16.8. The third-order valence-electron chi connectivity index (χ3n) is 5.41. The zero-order valence-corrected chi connectivity index (χ0v) is 18.7. The van der Waals surface area contributed by atoms with Crippen molar-refractivity contribution in [3.05, 3.63) is 30.3 Å². The number of aliphatic hydroxyl groups is 1. The fraction of sp³-hybridized carbons (Fsp3) is 0.650. The molecule has 0 saturated carbocycles. The van der Waals surface area contributed by atoms with Crippen LogP contribution in [0.15, 0.2) is 35.2 Å². The normalized spacial score (nSPS) is 17.6. The second kappa shape index (κ2) is 8.85. The minimum Gasteiger partial charge on any atom is -0.414 e. The van der Waals surface area contributed by atoms with Gasteiger partial charge in [-0.25, -0.2) is 0 Å². The Hall–Kier alpha value is -0.623. The van der Waals surface area contributed by atoms with Crippen LogP contribution in [0.1, 0.15) is 41.5 Å². The molecule has 0 aliphatic rings. The Bertz CT molecular complexity index is 554. The molecular formula is C20H34O3SSi. The van der Waals surface area contributed by atoms with Crippen molar-refractivity contribution in [3.63, 3.8) is 0 Å². The highest BCUT2D eigenvalue weighted by Gasteiger charge is 2.40. The molecule has 0 aliphatic heterocycles. The predicted molar refractivity (Wildman–Crippen MR) is 109 cm³/mol. The Morgan fingerprint density at radius 2 is 1.64 bits per heavy atom. The van der Waals surface area contributed by atoms with Gasteiger partial charge >= 0.3 is 0 Å². The first-order valence-electron chi connectivity index (χ1n) is 8.99. The Balaban J connectivity index is 2.70. The van der Waals surface area contributed by atoms with Crippen LogP contribution in [-0.2, 0) is 9.22 Å². The molecule has 142 valence electrons. The van der Waals surface area contributed by atoms with Crippen LogP contribution in [0.5, 0.6) is 0 Å². The lowest BCUT2D eigenvalue weighted by Crippen LogP contribution is -2.47. The van der Waals surface area contributed by atoms with E-state index < -0.39 is 20.3 Å². The average Bonchev–Trinajstić information content (AvgIpc) is 2.52. The highest BCUT2D eigenvalue weighted by molar-refractivity contribution is 8.13. The van der Waals surface area contributed by atoms with Gasteiger partial charge in [-0.3, -0.25) is 4.79 Å². The molecule has 5 heteroatoms. The maximum Gasteiger partial charge on any atom is 0.199 e. The van der Waals surface area contributed by atoms with Gasteiger partial charge in [0.15, 0.2) is 13.4 Å². The van der Waals surface area contributed by atoms with Crippen molar-refractivity contribution in [2.45, 2.75) is 76.8 Å². The van der Waals surface area contributed by atoms with Crippen LogP contribution in [0.4, 0.5) is 0 Å². The first kappa shape index (κ1) is 22.4. The fourth-order valence-electron chi connectivity index (χ4n) is 2.32. The number of benzene rings is 1. The molecule has 1 N–H and O–H groups in total. The molecule has 0 spiro atoms. The smallest absolute Gasteiger partial charge is 0.199 e. The largest absolute Gasteiger partial charge is 0.414 e. The number of aliphatic hydroxyl groups excluding tert-OH is 1. The standard InChI is InChI=1S/C20H34O3SSi/c1-14(16(3)23-25(7,8)20(4,5)6)18(21)15(2)19(22)24-17-12-10-9-11-13-17/h9-16,18,21H,1-8H3/t14-,15-,16-,18+/m0/s1. The summed E-state index contributed by atoms with van der Waals surface area (Å²) in [6.07, 6.45) is -0.809. The molecule has 4 atom stereocenters. The molecule has 0 bridgehead atoms. The zero-order valence-electron chi connectivity index (χ0n) is 16.9. The van der Waals surface area contributed by atoms with E-state index in [-0.39, 0.29) is 22.2 Å². The van der Waals surface area contributed by atoms with Crippen molar-refractivity contribution < 1.29 is 14.3 Å². The monoisotopic (exact) mass is 382 g/mol. The van der Waals surface area contributed by atoms with E-state index in [9.17, 15) is 9.90 Å². The molecule has 0 heterocycles. The first-order chi connectivity index (χ1) is 11.4. The SMILES string of the molecule is C[C@H]([C@@H](O)[C@H](C)C(=O)Sc1ccccc1)[C@H](C)O[Si](C)(C)C(C)(C)C. The molecule has 0 saturated heterocycles. The van der Waals surface area contributed by atoms with E-state index in [1.165, 1.54) is 11.8 Å². The molecule has 0 radical (unpaired) electrons. The summed E-state index contributed by atoms with van der Waals surface area (Å²) in [5, 5.41) is 10.8. The number of carbonyl (C=O) groups excluding carboxylic acids is 1. The topological polar surface area (TPSA) is 46.5 Å². The van der Waals surface area contributed by atoms with Crippen LogP contribution in [-0.4, -0.2) is 30.7 Å². The third-order valence-corrected chi connectivity index (χ3v) is 11.1. The summed E-state index contributed by atoms with van der Waals surface area (Å²) in [6, 6.07) is 9.57. The summed E-state index contributed by atoms with van der Waals surface area (Å²) < 4.78 is 6.39. The maximum atomic E-state index is 12.5. The number of hydrogen-bond acceptors (Lipinski definition) is 4. The van der Waals surface area contributed by atoms with Crippen molar-refractivity contribution in [1.29, 1.82) is 0 Å². The van der Waals surface area contributed by atoms with Crippen molar-refractivity contribution in [3.8, 4) is 0 Å². The molecule has 1 rings (SSSR count). The lowest BCUT2D eigenvalue weighted by atomic mass is 9.91. The van der Waals surface area contributed by atoms with Crippen LogP contribution in [0.3, 0.4) is 0 Å². The van der Waals surface area contributed by atoms with Crippen LogP contribution >= 0.6 is 11.8 Å². The lowest BCUT2D eigenvalue weighted by molar-refractivity contribution is -0.119. The minimum absolute atomic E-state index is 0.00919. The highest BCUT2D eigenvalue weighted by Crippen LogP contribution is 2.38. The quantitative estimate of drug-likeness (QED) is 0.510. The molecule has 0 aromatic heterocycles. The zero-order chi connectivity index (χ0) is 19.4. The van der Waals surface area contributed by atoms with Gasteiger partial charge in [0.1, 0.15) is 0 Å². The van der Waals surface area contributed by atoms with Gasteiger partial charge in [0.2, 0.25) is 0 Å². The minimum atomic E-state index is -1.90. The van der Waals surface area contributed by atoms with Crippen molar-refractivity contribution in [2.24, 2.45) is 11.8 Å². The molecule has 0 fully saturated rings. The molecule has 1 aromatic carbocycles. The molecule has 25 heavy (non-hydrogen) atoms. The Morgan fingerprint density at radius 3 is 2.12 bits per heavy atom. The van der Waals surface area contributed by atoms with Crippen LogP contribution in [0.2, 0.25) is 18.1 Å². The highest BCUT2D eigenvalue weighted by atomic mass is 32.2. The third kappa shape index (κ3) is 6.24. The predicted octanol–water partition coefficient (Wildman–Crippen LogP) is 5.35. The van der Waals surface area contributed by atoms with Crippen LogP contribution < -0.4 is 0 Å². The second-order valence-corrected chi connectivity index (χ2v) is 14.3. The molecule has 1 aromatic rings. The van der Waals surface area contributed by atoms with E-state index in [1.807, 2.05) is 44.2 Å². The van der Waals surface area contributed by atoms with E-state index in [0.29, 0.717) is 0 Å². The van der Waals surface area contributed by atoms with Gasteiger partial charge in [-0.15, -0.1) is 0 Å². The molecule has 0 amide bonds. The lowest BCUT2D eigenvalue weighted by Gasteiger charge is -2.41. The van der Waals surface area contributed by atoms with Crippen molar-refractivity contribution in [2.75, 3.05) is 0 Å². The van der Waals surface area contributed by atoms with Gasteiger partial charge in [0.05, 0.1) is 12.0 Å². The number of carbonyl (C=O) groups is 1. The molecule has 3 nitrogen and oxygen atoms in total. The van der Waals surface area contributed by atoms with Gasteiger partial charge in [0.25, 0.3) is 0 Å². The Kier molecular flexibility index (Phi) is 7.93. The Morgan fingerprint density at radius 1 is 1.12 bits per heavy atom. The summed E-state index contributed by atoms with van der Waals surface area (Å²) in [5.74, 6) is -0.546. The second-order valence-electron chi connectivity index (χ2n) is 8.46. The van der Waals surface area contributed by atoms with E-state index in [1.54, 1.807) is 6.92 Å². The number of hydrogen-bond donors (Lipinski definition) is 1. The van der Waals surface area contributed by atoms with Crippen molar-refractivity contribution in [1.82, 2.24) is 0 Å². The van der Waals surface area contributed by atoms with E-state index in [2.05, 4.69) is 33.9 Å². The van der Waals surface area contributed by atoms with Gasteiger partial charge in [-0.05, 0) is 37.2 Å². The van der Waals surface area contributed by atoms with Crippen molar-refractivity contribution >= 4 is 25.2 Å². The van der Waals surface area contributed by atoms with Gasteiger partial charge in [-0.2, -0.15) is 0 Å². The number of thioether (sulfide) groups is 1. The summed E-state index contributed by atoms with van der Waals surface area (Å²) in [7, 11) is -1.90. The first-order valence-corrected chi connectivity index (χ1v) is 12.7. The van der Waals surface area contributed by atoms with Gasteiger partial charge in [0, 0.05) is 16.9 Å². The maximum absolute atomic E-state index is 12.5. The van der Waals surface area contributed by atoms with Crippen LogP contribution in [0.25, 0.3) is 0 Å². The summed E-state index contributed by atoms with van der Waals surface area (Å²) in [4.78, 5) is 13.4.